The molecule has 3 rings (SSSR count). The SMILES string of the molecule is CC(C)(C)c1ccc(-c2oncc2C(=O)Nc2ccc(C(F)(F)F)cc2)cc1. The second kappa shape index (κ2) is 7.14. The molecule has 0 fully saturated rings. The van der Waals surface area contributed by atoms with Crippen LogP contribution in [-0.2, 0) is 11.6 Å². The molecule has 0 aliphatic rings. The summed E-state index contributed by atoms with van der Waals surface area (Å²) in [5.41, 5.74) is 1.46. The Morgan fingerprint density at radius 2 is 1.50 bits per heavy atom. The van der Waals surface area contributed by atoms with Crippen molar-refractivity contribution in [3.05, 3.63) is 71.4 Å². The first-order chi connectivity index (χ1) is 13.1. The maximum atomic E-state index is 12.6. The Kier molecular flexibility index (Phi) is 5.02. The second-order valence-electron chi connectivity index (χ2n) is 7.43. The van der Waals surface area contributed by atoms with Crippen LogP contribution in [0.1, 0.15) is 42.3 Å². The number of anilines is 1. The summed E-state index contributed by atoms with van der Waals surface area (Å²) in [6.07, 6.45) is -3.14. The van der Waals surface area contributed by atoms with E-state index in [0.29, 0.717) is 11.3 Å². The number of nitrogens with one attached hydrogen (secondary N) is 1. The molecule has 0 unspecified atom stereocenters. The van der Waals surface area contributed by atoms with Gasteiger partial charge in [-0.2, -0.15) is 13.2 Å². The molecule has 0 aliphatic heterocycles. The molecule has 1 aromatic heterocycles. The fraction of sp³-hybridized carbons (Fsp3) is 0.238. The van der Waals surface area contributed by atoms with E-state index < -0.39 is 17.6 Å². The lowest BCUT2D eigenvalue weighted by atomic mass is 9.86. The first kappa shape index (κ1) is 19.7. The summed E-state index contributed by atoms with van der Waals surface area (Å²) in [5, 5.41) is 6.26. The van der Waals surface area contributed by atoms with Crippen LogP contribution in [0.2, 0.25) is 0 Å². The molecule has 3 aromatic rings. The normalized spacial score (nSPS) is 12.1. The predicted molar refractivity (Wildman–Crippen MR) is 100 cm³/mol. The monoisotopic (exact) mass is 388 g/mol. The standard InChI is InChI=1S/C21H19F3N2O2/c1-20(2,3)14-6-4-13(5-7-14)18-17(12-25-28-18)19(27)26-16-10-8-15(9-11-16)21(22,23)24/h4-12H,1-3H3,(H,26,27). The van der Waals surface area contributed by atoms with Crippen LogP contribution in [0.3, 0.4) is 0 Å². The lowest BCUT2D eigenvalue weighted by Crippen LogP contribution is -2.13. The van der Waals surface area contributed by atoms with Gasteiger partial charge in [0.25, 0.3) is 5.91 Å². The number of carbonyl (C=O) groups excluding carboxylic acids is 1. The van der Waals surface area contributed by atoms with Crippen LogP contribution in [0.5, 0.6) is 0 Å². The topological polar surface area (TPSA) is 55.1 Å². The molecule has 7 heteroatoms. The summed E-state index contributed by atoms with van der Waals surface area (Å²) in [5.74, 6) is -0.222. The molecule has 28 heavy (non-hydrogen) atoms. The van der Waals surface area contributed by atoms with Gasteiger partial charge in [-0.25, -0.2) is 0 Å². The molecule has 1 amide bonds. The average Bonchev–Trinajstić information content (AvgIpc) is 3.10. The smallest absolute Gasteiger partial charge is 0.355 e. The van der Waals surface area contributed by atoms with E-state index in [-0.39, 0.29) is 16.7 Å². The van der Waals surface area contributed by atoms with Crippen molar-refractivity contribution in [3.8, 4) is 11.3 Å². The van der Waals surface area contributed by atoms with Crippen molar-refractivity contribution in [2.45, 2.75) is 32.4 Å². The van der Waals surface area contributed by atoms with Gasteiger partial charge in [0, 0.05) is 11.3 Å². The van der Waals surface area contributed by atoms with Crippen molar-refractivity contribution in [2.75, 3.05) is 5.32 Å². The first-order valence-electron chi connectivity index (χ1n) is 8.60. The molecule has 1 N–H and O–H groups in total. The molecular formula is C21H19F3N2O2. The van der Waals surface area contributed by atoms with Gasteiger partial charge >= 0.3 is 6.18 Å². The van der Waals surface area contributed by atoms with Crippen molar-refractivity contribution in [3.63, 3.8) is 0 Å². The highest BCUT2D eigenvalue weighted by Gasteiger charge is 2.30. The summed E-state index contributed by atoms with van der Waals surface area (Å²) < 4.78 is 43.2. The number of rotatable bonds is 3. The predicted octanol–water partition coefficient (Wildman–Crippen LogP) is 5.91. The molecule has 0 saturated carbocycles. The van der Waals surface area contributed by atoms with E-state index >= 15 is 0 Å². The molecule has 4 nitrogen and oxygen atoms in total. The number of alkyl halides is 3. The minimum Gasteiger partial charge on any atom is -0.355 e. The Morgan fingerprint density at radius 1 is 0.929 bits per heavy atom. The Bertz CT molecular complexity index is 967. The molecule has 0 aliphatic carbocycles. The van der Waals surface area contributed by atoms with Crippen molar-refractivity contribution in [1.29, 1.82) is 0 Å². The second-order valence-corrected chi connectivity index (χ2v) is 7.43. The van der Waals surface area contributed by atoms with Crippen LogP contribution in [-0.4, -0.2) is 11.1 Å². The summed E-state index contributed by atoms with van der Waals surface area (Å²) >= 11 is 0. The third-order valence-corrected chi connectivity index (χ3v) is 4.30. The van der Waals surface area contributed by atoms with Gasteiger partial charge in [0.05, 0.1) is 11.8 Å². The van der Waals surface area contributed by atoms with E-state index in [0.717, 1.165) is 17.7 Å². The minimum atomic E-state index is -4.43. The largest absolute Gasteiger partial charge is 0.416 e. The zero-order valence-electron chi connectivity index (χ0n) is 15.6. The maximum Gasteiger partial charge on any atom is 0.416 e. The molecule has 2 aromatic carbocycles. The number of amides is 1. The summed E-state index contributed by atoms with van der Waals surface area (Å²) in [6.45, 7) is 6.29. The van der Waals surface area contributed by atoms with Crippen LogP contribution in [0.4, 0.5) is 18.9 Å². The fourth-order valence-corrected chi connectivity index (χ4v) is 2.67. The van der Waals surface area contributed by atoms with Gasteiger partial charge in [0.2, 0.25) is 0 Å². The van der Waals surface area contributed by atoms with Crippen LogP contribution in [0.15, 0.2) is 59.3 Å². The summed E-state index contributed by atoms with van der Waals surface area (Å²) in [6, 6.07) is 11.8. The van der Waals surface area contributed by atoms with Crippen molar-refractivity contribution in [2.24, 2.45) is 0 Å². The lowest BCUT2D eigenvalue weighted by Gasteiger charge is -2.18. The summed E-state index contributed by atoms with van der Waals surface area (Å²) in [7, 11) is 0. The molecular weight excluding hydrogens is 369 g/mol. The van der Waals surface area contributed by atoms with Gasteiger partial charge < -0.3 is 9.84 Å². The van der Waals surface area contributed by atoms with Crippen molar-refractivity contribution in [1.82, 2.24) is 5.16 Å². The third-order valence-electron chi connectivity index (χ3n) is 4.30. The highest BCUT2D eigenvalue weighted by molar-refractivity contribution is 6.07. The van der Waals surface area contributed by atoms with Crippen molar-refractivity contribution >= 4 is 11.6 Å². The molecule has 0 saturated heterocycles. The van der Waals surface area contributed by atoms with E-state index in [1.165, 1.54) is 18.3 Å². The number of benzene rings is 2. The average molecular weight is 388 g/mol. The van der Waals surface area contributed by atoms with E-state index in [9.17, 15) is 18.0 Å². The van der Waals surface area contributed by atoms with Crippen LogP contribution in [0, 0.1) is 0 Å². The van der Waals surface area contributed by atoms with Crippen LogP contribution >= 0.6 is 0 Å². The van der Waals surface area contributed by atoms with E-state index in [1.807, 2.05) is 24.3 Å². The van der Waals surface area contributed by atoms with Gasteiger partial charge in [0.1, 0.15) is 5.56 Å². The molecule has 0 bridgehead atoms. The van der Waals surface area contributed by atoms with E-state index in [1.54, 1.807) is 0 Å². The number of carbonyl (C=O) groups is 1. The molecule has 0 spiro atoms. The molecule has 146 valence electrons. The van der Waals surface area contributed by atoms with Gasteiger partial charge in [-0.05, 0) is 35.2 Å². The Labute approximate surface area is 160 Å². The van der Waals surface area contributed by atoms with Crippen molar-refractivity contribution < 1.29 is 22.5 Å². The van der Waals surface area contributed by atoms with Gasteiger partial charge in [0.15, 0.2) is 5.76 Å². The Hall–Kier alpha value is -3.09. The minimum absolute atomic E-state index is 0.0112. The zero-order valence-corrected chi connectivity index (χ0v) is 15.6. The number of aromatic nitrogens is 1. The highest BCUT2D eigenvalue weighted by atomic mass is 19.4. The summed E-state index contributed by atoms with van der Waals surface area (Å²) in [4.78, 5) is 12.5. The Balaban J connectivity index is 1.80. The quantitative estimate of drug-likeness (QED) is 0.607. The Morgan fingerprint density at radius 3 is 2.04 bits per heavy atom. The van der Waals surface area contributed by atoms with Gasteiger partial charge in [-0.1, -0.05) is 50.2 Å². The number of nitrogens with zero attached hydrogens (tertiary/aromatic N) is 1. The molecule has 0 atom stereocenters. The van der Waals surface area contributed by atoms with Gasteiger partial charge in [-0.15, -0.1) is 0 Å². The maximum absolute atomic E-state index is 12.6. The highest BCUT2D eigenvalue weighted by Crippen LogP contribution is 2.31. The van der Waals surface area contributed by atoms with Crippen LogP contribution < -0.4 is 5.32 Å². The van der Waals surface area contributed by atoms with Gasteiger partial charge in [-0.3, -0.25) is 4.79 Å². The molecule has 1 heterocycles. The lowest BCUT2D eigenvalue weighted by molar-refractivity contribution is -0.137. The third kappa shape index (κ3) is 4.24. The van der Waals surface area contributed by atoms with E-state index in [4.69, 9.17) is 4.52 Å². The number of halogens is 3. The zero-order chi connectivity index (χ0) is 20.5. The fourth-order valence-electron chi connectivity index (χ4n) is 2.67. The first-order valence-corrected chi connectivity index (χ1v) is 8.60. The van der Waals surface area contributed by atoms with E-state index in [2.05, 4.69) is 31.2 Å². The molecule has 0 radical (unpaired) electrons. The number of hydrogen-bond donors (Lipinski definition) is 1. The number of hydrogen-bond acceptors (Lipinski definition) is 3. The van der Waals surface area contributed by atoms with Crippen LogP contribution in [0.25, 0.3) is 11.3 Å².